The predicted molar refractivity (Wildman–Crippen MR) is 208 cm³/mol. The number of carbonyl (C=O) groups excluding carboxylic acids is 3. The van der Waals surface area contributed by atoms with Gasteiger partial charge < -0.3 is 47.9 Å². The second-order valence-electron chi connectivity index (χ2n) is 17.2. The Hall–Kier alpha value is -4.38. The number of carbonyl (C=O) groups is 3. The van der Waals surface area contributed by atoms with Crippen LogP contribution in [0, 0.1) is 6.92 Å². The van der Waals surface area contributed by atoms with Crippen molar-refractivity contribution in [1.82, 2.24) is 10.2 Å². The van der Waals surface area contributed by atoms with Crippen LogP contribution >= 0.6 is 0 Å². The Morgan fingerprint density at radius 2 is 1.57 bits per heavy atom. The van der Waals surface area contributed by atoms with Crippen LogP contribution in [0.3, 0.4) is 0 Å². The maximum absolute atomic E-state index is 15.0. The fourth-order valence-electron chi connectivity index (χ4n) is 6.38. The van der Waals surface area contributed by atoms with E-state index in [0.717, 1.165) is 0 Å². The highest BCUT2D eigenvalue weighted by molar-refractivity contribution is 6.75. The van der Waals surface area contributed by atoms with Gasteiger partial charge in [-0.15, -0.1) is 0 Å². The summed E-state index contributed by atoms with van der Waals surface area (Å²) in [4.78, 5) is 43.0. The van der Waals surface area contributed by atoms with E-state index < -0.39 is 52.7 Å². The van der Waals surface area contributed by atoms with Gasteiger partial charge in [-0.25, -0.2) is 9.59 Å². The van der Waals surface area contributed by atoms with E-state index in [1.165, 1.54) is 11.0 Å². The summed E-state index contributed by atoms with van der Waals surface area (Å²) < 4.78 is 42.1. The van der Waals surface area contributed by atoms with Gasteiger partial charge in [0, 0.05) is 29.5 Å². The Balaban J connectivity index is 1.63. The number of nitrogens with one attached hydrogen (secondary N) is 1. The van der Waals surface area contributed by atoms with Crippen molar-refractivity contribution in [2.24, 2.45) is 0 Å². The van der Waals surface area contributed by atoms with Gasteiger partial charge in [-0.3, -0.25) is 4.79 Å². The third-order valence-electron chi connectivity index (χ3n) is 11.5. The zero-order valence-electron chi connectivity index (χ0n) is 33.7. The van der Waals surface area contributed by atoms with Gasteiger partial charge in [-0.1, -0.05) is 54.2 Å². The molecule has 0 aliphatic carbocycles. The van der Waals surface area contributed by atoms with Crippen LogP contribution in [0.5, 0.6) is 34.5 Å². The molecular weight excluding hydrogens is 729 g/mol. The molecule has 54 heavy (non-hydrogen) atoms. The summed E-state index contributed by atoms with van der Waals surface area (Å²) in [6.45, 7) is 26.4. The van der Waals surface area contributed by atoms with Crippen LogP contribution in [0.1, 0.15) is 69.8 Å². The van der Waals surface area contributed by atoms with Crippen molar-refractivity contribution in [1.29, 1.82) is 0 Å². The molecule has 296 valence electrons. The zero-order chi connectivity index (χ0) is 40.1. The molecule has 15 heteroatoms. The lowest BCUT2D eigenvalue weighted by Crippen LogP contribution is -2.61. The molecule has 3 atom stereocenters. The van der Waals surface area contributed by atoms with Gasteiger partial charge in [-0.05, 0) is 60.9 Å². The molecule has 2 aromatic rings. The first kappa shape index (κ1) is 40.8. The number of esters is 1. The van der Waals surface area contributed by atoms with Crippen molar-refractivity contribution in [3.8, 4) is 34.5 Å². The minimum Gasteiger partial charge on any atom is -0.541 e. The van der Waals surface area contributed by atoms with Gasteiger partial charge in [0.15, 0.2) is 23.0 Å². The fourth-order valence-corrected chi connectivity index (χ4v) is 8.39. The molecule has 3 heterocycles. The highest BCUT2D eigenvalue weighted by atomic mass is 28.4. The van der Waals surface area contributed by atoms with Crippen molar-refractivity contribution in [3.63, 3.8) is 0 Å². The highest BCUT2D eigenvalue weighted by Crippen LogP contribution is 2.53. The summed E-state index contributed by atoms with van der Waals surface area (Å²) in [6, 6.07) is 0.528. The standard InChI is InChI=1S/C39H56N2O11Si2/c1-14-15-47-37(45)40-25(35(43)41-26-19-24-30(27(41)20-48-36(26)44)34-32(49-21-50-34)22(2)31(24)42)16-23-17-28(51-53(10,11)38(3,4)5)33(46-9)29(18-23)52-54(12,13)39(6,7)8/h14,17-18,25-27,42H,1,15-16,19-21H2,2-13H3,(H,40,45)/t25-,26-,27-/m0/s1. The van der Waals surface area contributed by atoms with Crippen LogP contribution in [0.2, 0.25) is 36.3 Å². The average Bonchev–Trinajstić information content (AvgIpc) is 3.55. The lowest BCUT2D eigenvalue weighted by atomic mass is 9.83. The minimum absolute atomic E-state index is 0.0181. The molecule has 0 spiro atoms. The van der Waals surface area contributed by atoms with Crippen molar-refractivity contribution in [2.75, 3.05) is 27.1 Å². The van der Waals surface area contributed by atoms with Gasteiger partial charge in [0.05, 0.1) is 13.2 Å². The number of fused-ring (bicyclic) bond motifs is 6. The Kier molecular flexibility index (Phi) is 11.1. The number of cyclic esters (lactones) is 1. The van der Waals surface area contributed by atoms with Crippen molar-refractivity contribution in [2.45, 2.75) is 116 Å². The number of hydrogen-bond donors (Lipinski definition) is 2. The largest absolute Gasteiger partial charge is 0.541 e. The van der Waals surface area contributed by atoms with Crippen LogP contribution in [-0.4, -0.2) is 83.8 Å². The second kappa shape index (κ2) is 14.7. The number of morpholine rings is 1. The molecule has 2 amide bonds. The first-order valence-corrected chi connectivity index (χ1v) is 24.1. The summed E-state index contributed by atoms with van der Waals surface area (Å²) in [5, 5.41) is 13.7. The Morgan fingerprint density at radius 3 is 2.11 bits per heavy atom. The molecule has 0 saturated carbocycles. The summed E-state index contributed by atoms with van der Waals surface area (Å²) in [5.74, 6) is 0.977. The van der Waals surface area contributed by atoms with Crippen molar-refractivity contribution in [3.05, 3.63) is 47.0 Å². The maximum Gasteiger partial charge on any atom is 0.408 e. The monoisotopic (exact) mass is 784 g/mol. The van der Waals surface area contributed by atoms with E-state index in [1.54, 1.807) is 14.0 Å². The van der Waals surface area contributed by atoms with Gasteiger partial charge in [-0.2, -0.15) is 0 Å². The molecule has 1 fully saturated rings. The van der Waals surface area contributed by atoms with E-state index in [2.05, 4.69) is 79.6 Å². The number of phenols is 1. The van der Waals surface area contributed by atoms with E-state index >= 15 is 0 Å². The molecule has 2 N–H and O–H groups in total. The molecule has 2 bridgehead atoms. The van der Waals surface area contributed by atoms with E-state index in [1.807, 2.05) is 12.1 Å². The number of phenolic OH excluding ortho intramolecular Hbond substituents is 1. The molecule has 0 aromatic heterocycles. The summed E-state index contributed by atoms with van der Waals surface area (Å²) in [5.41, 5.74) is 2.12. The normalized spacial score (nSPS) is 18.6. The molecule has 2 aromatic carbocycles. The molecule has 13 nitrogen and oxygen atoms in total. The number of methoxy groups -OCH3 is 1. The number of aromatic hydroxyl groups is 1. The van der Waals surface area contributed by atoms with Gasteiger partial charge in [0.2, 0.25) is 18.4 Å². The second-order valence-corrected chi connectivity index (χ2v) is 26.6. The molecule has 1 saturated heterocycles. The number of amides is 2. The molecule has 0 unspecified atom stereocenters. The Bertz CT molecular complexity index is 1780. The third-order valence-corrected chi connectivity index (χ3v) is 20.2. The van der Waals surface area contributed by atoms with Crippen LogP contribution in [0.15, 0.2) is 24.8 Å². The van der Waals surface area contributed by atoms with E-state index in [0.29, 0.717) is 51.0 Å². The van der Waals surface area contributed by atoms with Gasteiger partial charge in [0.1, 0.15) is 31.0 Å². The number of hydrogen-bond acceptors (Lipinski definition) is 11. The highest BCUT2D eigenvalue weighted by Gasteiger charge is 2.51. The number of alkyl carbamates (subject to hydrolysis) is 1. The SMILES string of the molecule is C=CCOC(=O)N[C@@H](Cc1cc(O[Si](C)(C)C(C)(C)C)c(OC)c(O[Si](C)(C)C(C)(C)C)c1)C(=O)N1[C@H]2Cc3c(O)c(C)c4c(c3[C@@H]1COC2=O)OCO4. The Labute approximate surface area is 320 Å². The third kappa shape index (κ3) is 7.61. The molecule has 5 rings (SSSR count). The summed E-state index contributed by atoms with van der Waals surface area (Å²) >= 11 is 0. The lowest BCUT2D eigenvalue weighted by molar-refractivity contribution is -0.172. The molecule has 0 radical (unpaired) electrons. The maximum atomic E-state index is 15.0. The Morgan fingerprint density at radius 1 is 1.00 bits per heavy atom. The van der Waals surface area contributed by atoms with Crippen molar-refractivity contribution < 1.29 is 52.0 Å². The number of ether oxygens (including phenoxy) is 5. The minimum atomic E-state index is -2.43. The first-order chi connectivity index (χ1) is 25.0. The zero-order valence-corrected chi connectivity index (χ0v) is 35.7. The van der Waals surface area contributed by atoms with Crippen LogP contribution in [0.4, 0.5) is 4.79 Å². The van der Waals surface area contributed by atoms with Crippen LogP contribution in [0.25, 0.3) is 0 Å². The van der Waals surface area contributed by atoms with E-state index in [4.69, 9.17) is 32.5 Å². The number of rotatable bonds is 11. The lowest BCUT2D eigenvalue weighted by Gasteiger charge is -2.46. The smallest absolute Gasteiger partial charge is 0.408 e. The topological polar surface area (TPSA) is 151 Å². The van der Waals surface area contributed by atoms with Gasteiger partial charge in [0.25, 0.3) is 16.6 Å². The molecule has 3 aliphatic rings. The van der Waals surface area contributed by atoms with E-state index in [-0.39, 0.29) is 48.7 Å². The summed E-state index contributed by atoms with van der Waals surface area (Å²) in [7, 11) is -3.29. The summed E-state index contributed by atoms with van der Waals surface area (Å²) in [6.07, 6.45) is 0.537. The van der Waals surface area contributed by atoms with Crippen LogP contribution < -0.4 is 28.4 Å². The predicted octanol–water partition coefficient (Wildman–Crippen LogP) is 7.08. The molecular formula is C39H56N2O11Si2. The van der Waals surface area contributed by atoms with Crippen LogP contribution in [-0.2, 0) is 31.9 Å². The van der Waals surface area contributed by atoms with E-state index in [9.17, 15) is 19.5 Å². The first-order valence-electron chi connectivity index (χ1n) is 18.3. The quantitative estimate of drug-likeness (QED) is 0.137. The number of nitrogens with zero attached hydrogens (tertiary/aromatic N) is 1. The fraction of sp³-hybridized carbons (Fsp3) is 0.564. The number of benzene rings is 2. The van der Waals surface area contributed by atoms with Gasteiger partial charge >= 0.3 is 12.1 Å². The molecule has 3 aliphatic heterocycles. The van der Waals surface area contributed by atoms with Crippen molar-refractivity contribution >= 4 is 34.6 Å². The average molecular weight is 785 g/mol.